The third-order valence-electron chi connectivity index (χ3n) is 4.22. The molecule has 0 atom stereocenters. The maximum absolute atomic E-state index is 12.7. The number of thiophene rings is 1. The summed E-state index contributed by atoms with van der Waals surface area (Å²) in [6, 6.07) is 11.8. The molecule has 3 rings (SSSR count). The molecular formula is C16H19NO4S3. The molecule has 130 valence electrons. The molecule has 0 aliphatic carbocycles. The number of aryl methyl sites for hydroxylation is 1. The van der Waals surface area contributed by atoms with E-state index in [1.165, 1.54) is 15.6 Å². The maximum atomic E-state index is 12.7. The first kappa shape index (κ1) is 17.6. The monoisotopic (exact) mass is 385 g/mol. The van der Waals surface area contributed by atoms with Crippen molar-refractivity contribution < 1.29 is 16.8 Å². The zero-order valence-electron chi connectivity index (χ0n) is 13.3. The topological polar surface area (TPSA) is 71.5 Å². The molecule has 0 radical (unpaired) electrons. The van der Waals surface area contributed by atoms with E-state index in [0.29, 0.717) is 21.9 Å². The highest BCUT2D eigenvalue weighted by atomic mass is 32.2. The lowest BCUT2D eigenvalue weighted by atomic mass is 10.2. The highest BCUT2D eigenvalue weighted by molar-refractivity contribution is 7.92. The number of hydrogen-bond acceptors (Lipinski definition) is 5. The first-order chi connectivity index (χ1) is 11.3. The van der Waals surface area contributed by atoms with Crippen LogP contribution in [-0.4, -0.2) is 39.5 Å². The standard InChI is InChI=1S/C16H19NO4S3/c1-13-7-8-16(22-13)24(20,21)17-11-9-15(10-12-17)23(18,19)14-5-3-2-4-6-14/h2-8,15H,9-12H2,1H3. The summed E-state index contributed by atoms with van der Waals surface area (Å²) >= 11 is 1.24. The molecule has 1 aromatic heterocycles. The predicted molar refractivity (Wildman–Crippen MR) is 94.5 cm³/mol. The Balaban J connectivity index is 1.74. The second kappa shape index (κ2) is 6.59. The fourth-order valence-corrected chi connectivity index (χ4v) is 7.52. The molecule has 0 spiro atoms. The Labute approximate surface area is 146 Å². The van der Waals surface area contributed by atoms with Crippen LogP contribution in [0.1, 0.15) is 17.7 Å². The van der Waals surface area contributed by atoms with Gasteiger partial charge in [0.05, 0.1) is 10.1 Å². The highest BCUT2D eigenvalue weighted by Gasteiger charge is 2.36. The average molecular weight is 386 g/mol. The molecule has 0 saturated carbocycles. The number of sulfonamides is 1. The molecule has 24 heavy (non-hydrogen) atoms. The molecule has 5 nitrogen and oxygen atoms in total. The lowest BCUT2D eigenvalue weighted by molar-refractivity contribution is 0.346. The van der Waals surface area contributed by atoms with E-state index in [1.807, 2.05) is 6.92 Å². The number of sulfone groups is 1. The Morgan fingerprint density at radius 3 is 2.12 bits per heavy atom. The molecule has 0 unspecified atom stereocenters. The van der Waals surface area contributed by atoms with Gasteiger partial charge < -0.3 is 0 Å². The van der Waals surface area contributed by atoms with Crippen LogP contribution in [0.15, 0.2) is 51.6 Å². The van der Waals surface area contributed by atoms with Crippen molar-refractivity contribution >= 4 is 31.2 Å². The Morgan fingerprint density at radius 2 is 1.58 bits per heavy atom. The first-order valence-electron chi connectivity index (χ1n) is 7.67. The van der Waals surface area contributed by atoms with E-state index < -0.39 is 25.1 Å². The van der Waals surface area contributed by atoms with Gasteiger partial charge in [-0.15, -0.1) is 11.3 Å². The van der Waals surface area contributed by atoms with Crippen molar-refractivity contribution in [1.82, 2.24) is 4.31 Å². The SMILES string of the molecule is Cc1ccc(S(=O)(=O)N2CCC(S(=O)(=O)c3ccccc3)CC2)s1. The summed E-state index contributed by atoms with van der Waals surface area (Å²) in [5.41, 5.74) is 0. The number of piperidine rings is 1. The van der Waals surface area contributed by atoms with Crippen LogP contribution in [0, 0.1) is 6.92 Å². The van der Waals surface area contributed by atoms with Gasteiger partial charge in [0, 0.05) is 18.0 Å². The molecule has 0 bridgehead atoms. The van der Waals surface area contributed by atoms with E-state index in [-0.39, 0.29) is 13.1 Å². The van der Waals surface area contributed by atoms with Crippen molar-refractivity contribution in [2.45, 2.75) is 34.1 Å². The van der Waals surface area contributed by atoms with Crippen molar-refractivity contribution in [3.8, 4) is 0 Å². The Bertz CT molecular complexity index is 909. The Kier molecular flexibility index (Phi) is 4.83. The summed E-state index contributed by atoms with van der Waals surface area (Å²) in [5.74, 6) is 0. The Hall–Kier alpha value is -1.22. The van der Waals surface area contributed by atoms with Crippen LogP contribution in [-0.2, 0) is 19.9 Å². The second-order valence-electron chi connectivity index (χ2n) is 5.83. The van der Waals surface area contributed by atoms with Crippen molar-refractivity contribution in [3.05, 3.63) is 47.3 Å². The zero-order chi connectivity index (χ0) is 17.4. The molecule has 0 amide bonds. The molecule has 1 fully saturated rings. The lowest BCUT2D eigenvalue weighted by Gasteiger charge is -2.30. The fourth-order valence-electron chi connectivity index (χ4n) is 2.86. The van der Waals surface area contributed by atoms with Gasteiger partial charge in [-0.05, 0) is 44.0 Å². The minimum Gasteiger partial charge on any atom is -0.223 e. The summed E-state index contributed by atoms with van der Waals surface area (Å²) in [6.07, 6.45) is 0.641. The smallest absolute Gasteiger partial charge is 0.223 e. The van der Waals surface area contributed by atoms with Gasteiger partial charge in [-0.2, -0.15) is 4.31 Å². The van der Waals surface area contributed by atoms with Gasteiger partial charge in [-0.25, -0.2) is 16.8 Å². The van der Waals surface area contributed by atoms with Gasteiger partial charge in [0.2, 0.25) is 0 Å². The van der Waals surface area contributed by atoms with Crippen LogP contribution >= 0.6 is 11.3 Å². The third-order valence-corrected chi connectivity index (χ3v) is 9.87. The van der Waals surface area contributed by atoms with Gasteiger partial charge in [-0.1, -0.05) is 18.2 Å². The van der Waals surface area contributed by atoms with Gasteiger partial charge in [0.15, 0.2) is 9.84 Å². The van der Waals surface area contributed by atoms with E-state index in [2.05, 4.69) is 0 Å². The normalized spacial score (nSPS) is 17.9. The quantitative estimate of drug-likeness (QED) is 0.811. The van der Waals surface area contributed by atoms with Gasteiger partial charge in [-0.3, -0.25) is 0 Å². The van der Waals surface area contributed by atoms with E-state index in [0.717, 1.165) is 4.88 Å². The Morgan fingerprint density at radius 1 is 0.958 bits per heavy atom. The van der Waals surface area contributed by atoms with Crippen molar-refractivity contribution in [1.29, 1.82) is 0 Å². The summed E-state index contributed by atoms with van der Waals surface area (Å²) in [5, 5.41) is -0.531. The summed E-state index contributed by atoms with van der Waals surface area (Å²) < 4.78 is 52.3. The van der Waals surface area contributed by atoms with E-state index in [1.54, 1.807) is 42.5 Å². The second-order valence-corrected chi connectivity index (χ2v) is 11.5. The maximum Gasteiger partial charge on any atom is 0.252 e. The van der Waals surface area contributed by atoms with Gasteiger partial charge in [0.1, 0.15) is 4.21 Å². The minimum atomic E-state index is -3.52. The van der Waals surface area contributed by atoms with Crippen LogP contribution in [0.3, 0.4) is 0 Å². The lowest BCUT2D eigenvalue weighted by Crippen LogP contribution is -2.42. The van der Waals surface area contributed by atoms with Gasteiger partial charge in [0.25, 0.3) is 10.0 Å². The fraction of sp³-hybridized carbons (Fsp3) is 0.375. The van der Waals surface area contributed by atoms with Gasteiger partial charge >= 0.3 is 0 Å². The number of hydrogen-bond donors (Lipinski definition) is 0. The average Bonchev–Trinajstić information content (AvgIpc) is 3.03. The zero-order valence-corrected chi connectivity index (χ0v) is 15.7. The van der Waals surface area contributed by atoms with Crippen LogP contribution in [0.25, 0.3) is 0 Å². The number of rotatable bonds is 4. The van der Waals surface area contributed by atoms with Crippen molar-refractivity contribution in [3.63, 3.8) is 0 Å². The number of benzene rings is 1. The molecule has 2 heterocycles. The van der Waals surface area contributed by atoms with E-state index >= 15 is 0 Å². The van der Waals surface area contributed by atoms with Crippen LogP contribution in [0.2, 0.25) is 0 Å². The third kappa shape index (κ3) is 3.28. The summed E-state index contributed by atoms with van der Waals surface area (Å²) in [6.45, 7) is 2.33. The number of nitrogens with zero attached hydrogens (tertiary/aromatic N) is 1. The molecule has 2 aromatic rings. The van der Waals surface area contributed by atoms with Crippen LogP contribution in [0.5, 0.6) is 0 Å². The van der Waals surface area contributed by atoms with E-state index in [9.17, 15) is 16.8 Å². The summed E-state index contributed by atoms with van der Waals surface area (Å²) in [7, 11) is -6.93. The van der Waals surface area contributed by atoms with Crippen molar-refractivity contribution in [2.24, 2.45) is 0 Å². The van der Waals surface area contributed by atoms with Crippen molar-refractivity contribution in [2.75, 3.05) is 13.1 Å². The molecule has 1 aliphatic heterocycles. The molecule has 1 aliphatic rings. The molecule has 1 aromatic carbocycles. The first-order valence-corrected chi connectivity index (χ1v) is 11.5. The highest BCUT2D eigenvalue weighted by Crippen LogP contribution is 2.30. The van der Waals surface area contributed by atoms with E-state index in [4.69, 9.17) is 0 Å². The predicted octanol–water partition coefficient (Wildman–Crippen LogP) is 2.68. The molecule has 1 saturated heterocycles. The van der Waals surface area contributed by atoms with Crippen LogP contribution < -0.4 is 0 Å². The molecular weight excluding hydrogens is 366 g/mol. The minimum absolute atomic E-state index is 0.232. The molecule has 8 heteroatoms. The summed E-state index contributed by atoms with van der Waals surface area (Å²) in [4.78, 5) is 1.25. The largest absolute Gasteiger partial charge is 0.252 e. The van der Waals surface area contributed by atoms with Crippen LogP contribution in [0.4, 0.5) is 0 Å². The molecule has 0 N–H and O–H groups in total.